The topological polar surface area (TPSA) is 102 Å². The maximum absolute atomic E-state index is 13.7. The van der Waals surface area contributed by atoms with E-state index in [4.69, 9.17) is 15.5 Å². The second-order valence-electron chi connectivity index (χ2n) is 12.5. The molecule has 3 N–H and O–H groups in total. The van der Waals surface area contributed by atoms with E-state index < -0.39 is 29.8 Å². The molecule has 3 unspecified atom stereocenters. The fourth-order valence-electron chi connectivity index (χ4n) is 8.64. The van der Waals surface area contributed by atoms with Crippen LogP contribution in [0, 0.1) is 34.4 Å². The Kier molecular flexibility index (Phi) is 8.25. The van der Waals surface area contributed by atoms with Crippen molar-refractivity contribution >= 4 is 34.2 Å². The molecule has 0 spiro atoms. The molecule has 6 nitrogen and oxygen atoms in total. The van der Waals surface area contributed by atoms with Crippen LogP contribution < -0.4 is 5.73 Å². The van der Waals surface area contributed by atoms with Gasteiger partial charge in [-0.2, -0.15) is 0 Å². The summed E-state index contributed by atoms with van der Waals surface area (Å²) in [6, 6.07) is 6.03. The summed E-state index contributed by atoms with van der Waals surface area (Å²) in [6.07, 6.45) is 6.72. The van der Waals surface area contributed by atoms with Crippen LogP contribution in [-0.2, 0) is 14.3 Å². The third kappa shape index (κ3) is 4.86. The van der Waals surface area contributed by atoms with E-state index in [9.17, 15) is 23.5 Å². The lowest BCUT2D eigenvalue weighted by atomic mass is 9.45. The predicted molar refractivity (Wildman–Crippen MR) is 157 cm³/mol. The van der Waals surface area contributed by atoms with Crippen molar-refractivity contribution in [2.75, 3.05) is 12.4 Å². The summed E-state index contributed by atoms with van der Waals surface area (Å²) >= 11 is 0.895. The molecule has 0 heterocycles. The zero-order chi connectivity index (χ0) is 29.6. The molecular formula is C32H40F2N2O4S. The van der Waals surface area contributed by atoms with Crippen LogP contribution in [-0.4, -0.2) is 46.0 Å². The first-order valence-electron chi connectivity index (χ1n) is 14.6. The van der Waals surface area contributed by atoms with E-state index >= 15 is 0 Å². The fourth-order valence-corrected chi connectivity index (χ4v) is 9.51. The number of aliphatic imine (C=N–C) groups is 1. The minimum absolute atomic E-state index is 0.0157. The third-order valence-electron chi connectivity index (χ3n) is 10.5. The smallest absolute Gasteiger partial charge is 0.306 e. The first kappa shape index (κ1) is 30.0. The monoisotopic (exact) mass is 586 g/mol. The molecular weight excluding hydrogens is 546 g/mol. The lowest BCUT2D eigenvalue weighted by molar-refractivity contribution is -0.196. The van der Waals surface area contributed by atoms with Gasteiger partial charge in [-0.25, -0.2) is 9.38 Å². The zero-order valence-electron chi connectivity index (χ0n) is 24.0. The van der Waals surface area contributed by atoms with Crippen LogP contribution in [0.4, 0.5) is 14.5 Å². The Morgan fingerprint density at radius 3 is 2.63 bits per heavy atom. The van der Waals surface area contributed by atoms with Gasteiger partial charge in [-0.05, 0) is 104 Å². The first-order chi connectivity index (χ1) is 19.5. The Morgan fingerprint density at radius 1 is 1.24 bits per heavy atom. The molecule has 4 aliphatic rings. The maximum Gasteiger partial charge on any atom is 0.306 e. The summed E-state index contributed by atoms with van der Waals surface area (Å²) in [5, 5.41) is 11.6. The number of thioether (sulfide) groups is 1. The number of carbonyl (C=O) groups is 2. The average molecular weight is 587 g/mol. The summed E-state index contributed by atoms with van der Waals surface area (Å²) in [7, 11) is 0. The highest BCUT2D eigenvalue weighted by Crippen LogP contribution is 2.69. The number of aliphatic hydroxyl groups is 1. The Morgan fingerprint density at radius 2 is 1.98 bits per heavy atom. The second kappa shape index (κ2) is 11.3. The van der Waals surface area contributed by atoms with Gasteiger partial charge >= 0.3 is 5.97 Å². The predicted octanol–water partition coefficient (Wildman–Crippen LogP) is 6.21. The van der Waals surface area contributed by atoms with E-state index in [2.05, 4.69) is 13.0 Å². The lowest BCUT2D eigenvalue weighted by Gasteiger charge is -2.61. The highest BCUT2D eigenvalue weighted by Gasteiger charge is 2.70. The van der Waals surface area contributed by atoms with Crippen molar-refractivity contribution in [2.45, 2.75) is 77.4 Å². The van der Waals surface area contributed by atoms with E-state index in [0.29, 0.717) is 31.4 Å². The number of benzene rings is 1. The molecule has 0 saturated heterocycles. The Balaban J connectivity index is 1.51. The number of hydrogen-bond donors (Lipinski definition) is 2. The number of allylic oxidation sites excluding steroid dienone is 3. The van der Waals surface area contributed by atoms with Crippen molar-refractivity contribution < 1.29 is 28.2 Å². The van der Waals surface area contributed by atoms with Crippen molar-refractivity contribution in [3.05, 3.63) is 53.5 Å². The zero-order valence-corrected chi connectivity index (χ0v) is 24.8. The number of fused-ring (bicyclic) bond motifs is 5. The molecule has 3 saturated carbocycles. The van der Waals surface area contributed by atoms with Crippen LogP contribution in [0.3, 0.4) is 0 Å². The standard InChI is InChI=1S/C32H40F2N2O4S/c1-4-27(38)40-32(29(39)41-14-13-33)12-11-24-23-10-5-20-15-25(36-22-8-6-21(34)7-9-22)19(18-35)16-30(20,2)28(23)26(37)17-31(24,32)3/h6-9,15,18,23-24,26,28,37H,4-5,10-14,16-17,35H2,1-3H3/t23-,24?,26?,28?,30-,31-,32-/m0/s1. The number of nitrogens with two attached hydrogens (primary N) is 1. The van der Waals surface area contributed by atoms with Crippen LogP contribution in [0.15, 0.2) is 52.7 Å². The minimum atomic E-state index is -1.38. The highest BCUT2D eigenvalue weighted by molar-refractivity contribution is 8.13. The van der Waals surface area contributed by atoms with Gasteiger partial charge in [0.15, 0.2) is 5.60 Å². The number of carbonyl (C=O) groups excluding carboxylic acids is 2. The third-order valence-corrected chi connectivity index (χ3v) is 11.4. The van der Waals surface area contributed by atoms with Gasteiger partial charge in [-0.15, -0.1) is 0 Å². The van der Waals surface area contributed by atoms with Gasteiger partial charge in [-0.3, -0.25) is 14.0 Å². The minimum Gasteiger partial charge on any atom is -0.449 e. The summed E-state index contributed by atoms with van der Waals surface area (Å²) in [6.45, 7) is 5.25. The number of aliphatic hydroxyl groups excluding tert-OH is 1. The van der Waals surface area contributed by atoms with E-state index in [0.717, 1.165) is 35.9 Å². The van der Waals surface area contributed by atoms with E-state index in [1.54, 1.807) is 25.3 Å². The van der Waals surface area contributed by atoms with Gasteiger partial charge < -0.3 is 15.6 Å². The molecule has 41 heavy (non-hydrogen) atoms. The van der Waals surface area contributed by atoms with Gasteiger partial charge in [-0.1, -0.05) is 38.1 Å². The van der Waals surface area contributed by atoms with E-state index in [1.165, 1.54) is 17.7 Å². The number of nitrogens with zero attached hydrogens (tertiary/aromatic N) is 1. The van der Waals surface area contributed by atoms with Crippen molar-refractivity contribution in [3.63, 3.8) is 0 Å². The van der Waals surface area contributed by atoms with Gasteiger partial charge in [0.25, 0.3) is 0 Å². The lowest BCUT2D eigenvalue weighted by Crippen LogP contribution is -2.62. The van der Waals surface area contributed by atoms with Gasteiger partial charge in [0.2, 0.25) is 5.12 Å². The number of hydrogen-bond acceptors (Lipinski definition) is 7. The number of alkyl halides is 1. The van der Waals surface area contributed by atoms with Crippen molar-refractivity contribution in [1.29, 1.82) is 0 Å². The SMILES string of the molecule is CCC(=O)O[C@]1(C(=O)SCCF)CCC2[C@@H]3CCC4=CC(=Nc5ccc(F)cc5)C(=CN)C[C@]4(C)C3C(O)C[C@@]21C. The molecule has 0 amide bonds. The molecule has 9 heteroatoms. The van der Waals surface area contributed by atoms with Crippen LogP contribution in [0.2, 0.25) is 0 Å². The highest BCUT2D eigenvalue weighted by atomic mass is 32.2. The molecule has 0 radical (unpaired) electrons. The van der Waals surface area contributed by atoms with E-state index in [1.807, 2.05) is 6.92 Å². The van der Waals surface area contributed by atoms with Crippen LogP contribution in [0.25, 0.3) is 0 Å². The molecule has 0 aromatic heterocycles. The van der Waals surface area contributed by atoms with Crippen LogP contribution in [0.5, 0.6) is 0 Å². The number of esters is 1. The molecule has 5 rings (SSSR count). The van der Waals surface area contributed by atoms with Crippen LogP contribution in [0.1, 0.15) is 65.7 Å². The quantitative estimate of drug-likeness (QED) is 0.385. The van der Waals surface area contributed by atoms with Gasteiger partial charge in [0.1, 0.15) is 5.82 Å². The second-order valence-corrected chi connectivity index (χ2v) is 13.5. The summed E-state index contributed by atoms with van der Waals surface area (Å²) in [4.78, 5) is 31.1. The van der Waals surface area contributed by atoms with Gasteiger partial charge in [0, 0.05) is 17.6 Å². The Hall–Kier alpha value is -2.52. The summed E-state index contributed by atoms with van der Waals surface area (Å²) in [5.41, 5.74) is 7.10. The largest absolute Gasteiger partial charge is 0.449 e. The average Bonchev–Trinajstić information content (AvgIpc) is 3.24. The molecule has 7 atom stereocenters. The molecule has 222 valence electrons. The summed E-state index contributed by atoms with van der Waals surface area (Å²) in [5.74, 6) is -0.652. The molecule has 1 aromatic carbocycles. The Labute approximate surface area is 244 Å². The van der Waals surface area contributed by atoms with E-state index in [-0.39, 0.29) is 46.3 Å². The van der Waals surface area contributed by atoms with Crippen molar-refractivity contribution in [2.24, 2.45) is 39.3 Å². The van der Waals surface area contributed by atoms with Crippen molar-refractivity contribution in [1.82, 2.24) is 0 Å². The van der Waals surface area contributed by atoms with Crippen LogP contribution >= 0.6 is 11.8 Å². The Bertz CT molecular complexity index is 1300. The van der Waals surface area contributed by atoms with Crippen molar-refractivity contribution in [3.8, 4) is 0 Å². The molecule has 0 bridgehead atoms. The normalized spacial score (nSPS) is 38.1. The molecule has 1 aromatic rings. The molecule has 0 aliphatic heterocycles. The van der Waals surface area contributed by atoms with Gasteiger partial charge in [0.05, 0.1) is 24.2 Å². The summed E-state index contributed by atoms with van der Waals surface area (Å²) < 4.78 is 32.5. The maximum atomic E-state index is 13.7. The first-order valence-corrected chi connectivity index (χ1v) is 15.6. The number of halogens is 2. The molecule has 3 fully saturated rings. The number of rotatable bonds is 6. The molecule has 4 aliphatic carbocycles. The fraction of sp³-hybridized carbons (Fsp3) is 0.594. The number of ether oxygens (including phenoxy) is 1.